The number of Topliss-reactive ketones (excluding diaryl/α,β-unsaturated/α-hetero) is 1. The second-order valence-corrected chi connectivity index (χ2v) is 13.2. The molecule has 42 heavy (non-hydrogen) atoms. The fraction of sp³-hybridized carbons (Fsp3) is 0.323. The standard InChI is InChI=1S/C31H32N6O3S2/c1-31(2)15-23-27(24(38)16-31)26(20-9-11-21(40-3)12-10-20)22(17-32)28(33)37(23)29-35-36-30(42-29)41-18-25(39)34-14-13-19-7-5-4-6-8-19/h4-12,26H,13-16,18,33H2,1-3H3,(H,34,39). The van der Waals surface area contributed by atoms with Crippen LogP contribution >= 0.6 is 23.1 Å². The van der Waals surface area contributed by atoms with Crippen LogP contribution < -0.4 is 20.7 Å². The van der Waals surface area contributed by atoms with Crippen LogP contribution in [0.15, 0.2) is 81.6 Å². The Bertz CT molecular complexity index is 1590. The predicted molar refractivity (Wildman–Crippen MR) is 164 cm³/mol. The molecule has 0 spiro atoms. The first-order chi connectivity index (χ1) is 20.2. The van der Waals surface area contributed by atoms with Crippen molar-refractivity contribution >= 4 is 39.9 Å². The number of carbonyl (C=O) groups excluding carboxylic acids is 2. The topological polar surface area (TPSA) is 134 Å². The van der Waals surface area contributed by atoms with E-state index in [0.717, 1.165) is 23.2 Å². The van der Waals surface area contributed by atoms with E-state index in [-0.39, 0.29) is 34.3 Å². The number of thioether (sulfide) groups is 1. The van der Waals surface area contributed by atoms with E-state index in [4.69, 9.17) is 10.5 Å². The van der Waals surface area contributed by atoms with Gasteiger partial charge in [-0.2, -0.15) is 5.26 Å². The third-order valence-electron chi connectivity index (χ3n) is 7.32. The van der Waals surface area contributed by atoms with Crippen molar-refractivity contribution in [1.29, 1.82) is 5.26 Å². The monoisotopic (exact) mass is 600 g/mol. The zero-order chi connectivity index (χ0) is 29.9. The lowest BCUT2D eigenvalue weighted by molar-refractivity contribution is -0.119. The van der Waals surface area contributed by atoms with Gasteiger partial charge in [0, 0.05) is 24.2 Å². The number of nitriles is 1. The fourth-order valence-electron chi connectivity index (χ4n) is 5.38. The molecule has 2 heterocycles. The molecule has 0 saturated carbocycles. The average Bonchev–Trinajstić information content (AvgIpc) is 3.44. The van der Waals surface area contributed by atoms with Crippen molar-refractivity contribution in [1.82, 2.24) is 15.5 Å². The first-order valence-corrected chi connectivity index (χ1v) is 15.4. The minimum atomic E-state index is -0.586. The van der Waals surface area contributed by atoms with Crippen molar-refractivity contribution < 1.29 is 14.3 Å². The van der Waals surface area contributed by atoms with Crippen molar-refractivity contribution in [2.24, 2.45) is 11.1 Å². The van der Waals surface area contributed by atoms with Gasteiger partial charge < -0.3 is 15.8 Å². The Kier molecular flexibility index (Phi) is 8.66. The number of methoxy groups -OCH3 is 1. The number of nitrogens with zero attached hydrogens (tertiary/aromatic N) is 4. The molecule has 2 aliphatic rings. The molecule has 3 N–H and O–H groups in total. The number of ether oxygens (including phenoxy) is 1. The molecule has 1 aliphatic carbocycles. The lowest BCUT2D eigenvalue weighted by Gasteiger charge is -2.42. The number of nitrogens with one attached hydrogen (secondary N) is 1. The number of nitrogens with two attached hydrogens (primary N) is 1. The van der Waals surface area contributed by atoms with Gasteiger partial charge in [-0.3, -0.25) is 14.5 Å². The van der Waals surface area contributed by atoms with Crippen molar-refractivity contribution in [3.05, 3.63) is 88.4 Å². The summed E-state index contributed by atoms with van der Waals surface area (Å²) in [5.74, 6) is 0.408. The van der Waals surface area contributed by atoms with E-state index in [1.807, 2.05) is 68.4 Å². The van der Waals surface area contributed by atoms with Gasteiger partial charge in [-0.1, -0.05) is 79.4 Å². The summed E-state index contributed by atoms with van der Waals surface area (Å²) in [7, 11) is 1.59. The van der Waals surface area contributed by atoms with Gasteiger partial charge >= 0.3 is 0 Å². The maximum atomic E-state index is 13.7. The molecule has 0 saturated heterocycles. The third kappa shape index (κ3) is 6.20. The Labute approximate surface area is 253 Å². The third-order valence-corrected chi connectivity index (χ3v) is 9.36. The fourth-order valence-corrected chi connectivity index (χ4v) is 7.09. The Morgan fingerprint density at radius 1 is 1.19 bits per heavy atom. The van der Waals surface area contributed by atoms with Gasteiger partial charge in [-0.25, -0.2) is 0 Å². The smallest absolute Gasteiger partial charge is 0.230 e. The van der Waals surface area contributed by atoms with Crippen LogP contribution in [-0.2, 0) is 16.0 Å². The molecule has 0 radical (unpaired) electrons. The van der Waals surface area contributed by atoms with E-state index < -0.39 is 5.92 Å². The van der Waals surface area contributed by atoms with E-state index >= 15 is 0 Å². The van der Waals surface area contributed by atoms with Gasteiger partial charge in [0.05, 0.1) is 30.4 Å². The highest BCUT2D eigenvalue weighted by molar-refractivity contribution is 8.01. The van der Waals surface area contributed by atoms with E-state index in [0.29, 0.717) is 40.2 Å². The van der Waals surface area contributed by atoms with Crippen molar-refractivity contribution in [3.63, 3.8) is 0 Å². The summed E-state index contributed by atoms with van der Waals surface area (Å²) in [6, 6.07) is 19.6. The molecule has 216 valence electrons. The molecule has 3 aromatic rings. The first kappa shape index (κ1) is 29.4. The summed E-state index contributed by atoms with van der Waals surface area (Å²) in [4.78, 5) is 27.9. The van der Waals surface area contributed by atoms with Crippen LogP contribution in [0.2, 0.25) is 0 Å². The van der Waals surface area contributed by atoms with Crippen LogP contribution in [0.25, 0.3) is 0 Å². The zero-order valence-corrected chi connectivity index (χ0v) is 25.3. The van der Waals surface area contributed by atoms with Crippen LogP contribution in [0.1, 0.15) is 43.7 Å². The number of allylic oxidation sites excluding steroid dienone is 3. The zero-order valence-electron chi connectivity index (χ0n) is 23.7. The maximum Gasteiger partial charge on any atom is 0.230 e. The predicted octanol–water partition coefficient (Wildman–Crippen LogP) is 4.94. The van der Waals surface area contributed by atoms with Gasteiger partial charge in [-0.05, 0) is 41.5 Å². The number of aromatic nitrogens is 2. The number of carbonyl (C=O) groups is 2. The number of hydrogen-bond acceptors (Lipinski definition) is 10. The molecule has 9 nitrogen and oxygen atoms in total. The second-order valence-electron chi connectivity index (χ2n) is 11.0. The van der Waals surface area contributed by atoms with Crippen LogP contribution in [-0.4, -0.2) is 41.3 Å². The number of amides is 1. The summed E-state index contributed by atoms with van der Waals surface area (Å²) in [6.07, 6.45) is 1.69. The first-order valence-electron chi connectivity index (χ1n) is 13.6. The summed E-state index contributed by atoms with van der Waals surface area (Å²) in [5.41, 5.74) is 9.94. The van der Waals surface area contributed by atoms with Gasteiger partial charge in [0.25, 0.3) is 0 Å². The van der Waals surface area contributed by atoms with Gasteiger partial charge in [0.1, 0.15) is 11.6 Å². The highest BCUT2D eigenvalue weighted by atomic mass is 32.2. The molecular weight excluding hydrogens is 569 g/mol. The lowest BCUT2D eigenvalue weighted by atomic mass is 9.68. The van der Waals surface area contributed by atoms with E-state index in [2.05, 4.69) is 21.6 Å². The molecule has 1 unspecified atom stereocenters. The Morgan fingerprint density at radius 3 is 2.62 bits per heavy atom. The van der Waals surface area contributed by atoms with Gasteiger partial charge in [0.2, 0.25) is 11.0 Å². The second kappa shape index (κ2) is 12.4. The Morgan fingerprint density at radius 2 is 1.93 bits per heavy atom. The quantitative estimate of drug-likeness (QED) is 0.328. The summed E-state index contributed by atoms with van der Waals surface area (Å²) < 4.78 is 5.90. The summed E-state index contributed by atoms with van der Waals surface area (Å²) >= 11 is 2.57. The molecule has 1 aliphatic heterocycles. The lowest BCUT2D eigenvalue weighted by Crippen LogP contribution is -2.42. The van der Waals surface area contributed by atoms with Crippen LogP contribution in [0, 0.1) is 16.7 Å². The summed E-state index contributed by atoms with van der Waals surface area (Å²) in [6.45, 7) is 4.65. The average molecular weight is 601 g/mol. The van der Waals surface area contributed by atoms with Gasteiger partial charge in [-0.15, -0.1) is 10.2 Å². The van der Waals surface area contributed by atoms with Crippen LogP contribution in [0.5, 0.6) is 5.75 Å². The maximum absolute atomic E-state index is 13.7. The highest BCUT2D eigenvalue weighted by Crippen LogP contribution is 2.50. The number of hydrogen-bond donors (Lipinski definition) is 2. The van der Waals surface area contributed by atoms with Crippen molar-refractivity contribution in [2.45, 2.75) is 43.4 Å². The number of benzene rings is 2. The molecular formula is C31H32N6O3S2. The van der Waals surface area contributed by atoms with Crippen molar-refractivity contribution in [3.8, 4) is 11.8 Å². The minimum absolute atomic E-state index is 0.0152. The Balaban J connectivity index is 1.39. The molecule has 1 amide bonds. The molecule has 11 heteroatoms. The molecule has 0 fully saturated rings. The van der Waals surface area contributed by atoms with E-state index in [1.54, 1.807) is 12.0 Å². The SMILES string of the molecule is COc1ccc(C2C(C#N)=C(N)N(c3nnc(SCC(=O)NCCc4ccccc4)s3)C3=C2C(=O)CC(C)(C)C3)cc1. The van der Waals surface area contributed by atoms with E-state index in [9.17, 15) is 14.9 Å². The Hall–Kier alpha value is -4.14. The number of rotatable bonds is 9. The van der Waals surface area contributed by atoms with Gasteiger partial charge in [0.15, 0.2) is 10.1 Å². The minimum Gasteiger partial charge on any atom is -0.497 e. The molecule has 5 rings (SSSR count). The van der Waals surface area contributed by atoms with E-state index in [1.165, 1.54) is 23.1 Å². The highest BCUT2D eigenvalue weighted by Gasteiger charge is 2.45. The largest absolute Gasteiger partial charge is 0.497 e. The normalized spacial score (nSPS) is 18.0. The van der Waals surface area contributed by atoms with Crippen LogP contribution in [0.3, 0.4) is 0 Å². The molecule has 1 aromatic heterocycles. The molecule has 0 bridgehead atoms. The number of anilines is 1. The van der Waals surface area contributed by atoms with Crippen molar-refractivity contribution in [2.75, 3.05) is 24.3 Å². The van der Waals surface area contributed by atoms with Crippen LogP contribution in [0.4, 0.5) is 5.13 Å². The number of ketones is 1. The molecule has 1 atom stereocenters. The molecule has 2 aromatic carbocycles. The summed E-state index contributed by atoms with van der Waals surface area (Å²) in [5, 5.41) is 22.3.